The minimum Gasteiger partial charge on any atom is -0.415 e. The Labute approximate surface area is 195 Å². The number of halogens is 2. The van der Waals surface area contributed by atoms with Crippen molar-refractivity contribution in [3.8, 4) is 22.7 Å². The van der Waals surface area contributed by atoms with Gasteiger partial charge in [-0.3, -0.25) is 0 Å². The van der Waals surface area contributed by atoms with E-state index in [0.29, 0.717) is 12.1 Å². The first-order valence-corrected chi connectivity index (χ1v) is 11.3. The zero-order chi connectivity index (χ0) is 23.5. The van der Waals surface area contributed by atoms with Gasteiger partial charge in [0.1, 0.15) is 5.69 Å². The highest BCUT2D eigenvalue weighted by Crippen LogP contribution is 2.25. The molecule has 0 bridgehead atoms. The molecule has 8 nitrogen and oxygen atoms in total. The van der Waals surface area contributed by atoms with E-state index in [0.717, 1.165) is 49.5 Å². The SMILES string of the molecule is CCN1CCN(c2cccc(-c3cn(Cc4ccc(-c5nnc(C(F)F)o5)cc4)nn3)c2)CC1. The third kappa shape index (κ3) is 4.81. The van der Waals surface area contributed by atoms with Gasteiger partial charge in [0.25, 0.3) is 5.89 Å². The maximum absolute atomic E-state index is 12.7. The number of aromatic nitrogens is 5. The molecule has 34 heavy (non-hydrogen) atoms. The molecule has 1 fully saturated rings. The van der Waals surface area contributed by atoms with Gasteiger partial charge in [-0.1, -0.05) is 36.4 Å². The summed E-state index contributed by atoms with van der Waals surface area (Å²) in [5.74, 6) is -0.609. The number of likely N-dealkylation sites (N-methyl/N-ethyl adjacent to an activating group) is 1. The molecule has 0 N–H and O–H groups in total. The second-order valence-corrected chi connectivity index (χ2v) is 8.22. The summed E-state index contributed by atoms with van der Waals surface area (Å²) < 4.78 is 32.1. The van der Waals surface area contributed by atoms with Crippen molar-refractivity contribution in [1.29, 1.82) is 0 Å². The first-order chi connectivity index (χ1) is 16.6. The lowest BCUT2D eigenvalue weighted by atomic mass is 10.1. The normalized spacial score (nSPS) is 14.8. The Morgan fingerprint density at radius 1 is 0.941 bits per heavy atom. The fourth-order valence-electron chi connectivity index (χ4n) is 4.07. The Kier molecular flexibility index (Phi) is 6.31. The van der Waals surface area contributed by atoms with Crippen LogP contribution in [-0.4, -0.2) is 62.8 Å². The zero-order valence-corrected chi connectivity index (χ0v) is 18.8. The molecular formula is C24H25F2N7O. The van der Waals surface area contributed by atoms with E-state index < -0.39 is 12.3 Å². The van der Waals surface area contributed by atoms with Crippen LogP contribution < -0.4 is 4.90 Å². The molecule has 4 aromatic rings. The lowest BCUT2D eigenvalue weighted by molar-refractivity contribution is 0.116. The first kappa shape index (κ1) is 22.1. The molecule has 0 aliphatic carbocycles. The molecule has 0 saturated carbocycles. The fourth-order valence-corrected chi connectivity index (χ4v) is 4.07. The van der Waals surface area contributed by atoms with Gasteiger partial charge >= 0.3 is 6.43 Å². The topological polar surface area (TPSA) is 76.1 Å². The predicted octanol–water partition coefficient (Wildman–Crippen LogP) is 4.12. The van der Waals surface area contributed by atoms with E-state index in [1.54, 1.807) is 16.8 Å². The number of anilines is 1. The van der Waals surface area contributed by atoms with E-state index >= 15 is 0 Å². The third-order valence-corrected chi connectivity index (χ3v) is 6.04. The Balaban J connectivity index is 1.25. The van der Waals surface area contributed by atoms with Crippen molar-refractivity contribution in [2.45, 2.75) is 19.9 Å². The third-order valence-electron chi connectivity index (χ3n) is 6.04. The van der Waals surface area contributed by atoms with Gasteiger partial charge < -0.3 is 14.2 Å². The van der Waals surface area contributed by atoms with Crippen LogP contribution in [0.15, 0.2) is 59.1 Å². The largest absolute Gasteiger partial charge is 0.415 e. The van der Waals surface area contributed by atoms with Gasteiger partial charge in [-0.2, -0.15) is 8.78 Å². The summed E-state index contributed by atoms with van der Waals surface area (Å²) in [5.41, 5.74) is 4.61. The van der Waals surface area contributed by atoms with Crippen molar-refractivity contribution >= 4 is 5.69 Å². The highest BCUT2D eigenvalue weighted by atomic mass is 19.3. The summed E-state index contributed by atoms with van der Waals surface area (Å²) >= 11 is 0. The van der Waals surface area contributed by atoms with E-state index in [-0.39, 0.29) is 5.89 Å². The van der Waals surface area contributed by atoms with Gasteiger partial charge in [0.2, 0.25) is 5.89 Å². The highest BCUT2D eigenvalue weighted by Gasteiger charge is 2.18. The summed E-state index contributed by atoms with van der Waals surface area (Å²) in [6, 6.07) is 15.7. The van der Waals surface area contributed by atoms with Gasteiger partial charge in [0, 0.05) is 43.0 Å². The van der Waals surface area contributed by atoms with Crippen LogP contribution in [0.4, 0.5) is 14.5 Å². The Morgan fingerprint density at radius 2 is 1.74 bits per heavy atom. The maximum Gasteiger partial charge on any atom is 0.314 e. The Morgan fingerprint density at radius 3 is 2.44 bits per heavy atom. The molecule has 176 valence electrons. The number of hydrogen-bond acceptors (Lipinski definition) is 7. The molecule has 0 atom stereocenters. The van der Waals surface area contributed by atoms with E-state index in [1.807, 2.05) is 24.4 Å². The second-order valence-electron chi connectivity index (χ2n) is 8.22. The van der Waals surface area contributed by atoms with Gasteiger partial charge in [-0.25, -0.2) is 4.68 Å². The number of piperazine rings is 1. The van der Waals surface area contributed by atoms with Crippen LogP contribution in [0.3, 0.4) is 0 Å². The van der Waals surface area contributed by atoms with Crippen molar-refractivity contribution in [2.75, 3.05) is 37.6 Å². The van der Waals surface area contributed by atoms with Crippen LogP contribution in [0.1, 0.15) is 24.8 Å². The number of benzene rings is 2. The number of nitrogens with zero attached hydrogens (tertiary/aromatic N) is 7. The van der Waals surface area contributed by atoms with E-state index in [9.17, 15) is 8.78 Å². The lowest BCUT2D eigenvalue weighted by Gasteiger charge is -2.35. The van der Waals surface area contributed by atoms with Crippen LogP contribution in [0, 0.1) is 0 Å². The number of alkyl halides is 2. The molecule has 1 aliphatic heterocycles. The van der Waals surface area contributed by atoms with Crippen molar-refractivity contribution in [1.82, 2.24) is 30.1 Å². The average Bonchev–Trinajstić information content (AvgIpc) is 3.55. The Hall–Kier alpha value is -3.66. The molecule has 10 heteroatoms. The standard InChI is InChI=1S/C24H25F2N7O/c1-2-31-10-12-32(13-11-31)20-5-3-4-19(14-20)21-16-33(30-27-21)15-17-6-8-18(9-7-17)23-28-29-24(34-23)22(25)26/h3-9,14,16,22H,2,10-13,15H2,1H3. The van der Waals surface area contributed by atoms with E-state index in [4.69, 9.17) is 4.42 Å². The minimum atomic E-state index is -2.78. The van der Waals surface area contributed by atoms with Gasteiger partial charge in [0.15, 0.2) is 0 Å². The fraction of sp³-hybridized carbons (Fsp3) is 0.333. The molecule has 3 heterocycles. The Bertz CT molecular complexity index is 1230. The minimum absolute atomic E-state index is 0.0703. The van der Waals surface area contributed by atoms with E-state index in [1.165, 1.54) is 5.69 Å². The molecule has 0 amide bonds. The molecule has 0 spiro atoms. The van der Waals surface area contributed by atoms with Crippen LogP contribution in [0.2, 0.25) is 0 Å². The van der Waals surface area contributed by atoms with Gasteiger partial charge in [-0.15, -0.1) is 15.3 Å². The molecule has 0 unspecified atom stereocenters. The second kappa shape index (κ2) is 9.68. The molecular weight excluding hydrogens is 440 g/mol. The van der Waals surface area contributed by atoms with E-state index in [2.05, 4.69) is 55.4 Å². The lowest BCUT2D eigenvalue weighted by Crippen LogP contribution is -2.46. The molecule has 2 aromatic heterocycles. The van der Waals surface area contributed by atoms with Crippen molar-refractivity contribution in [3.05, 3.63) is 66.2 Å². The monoisotopic (exact) mass is 465 g/mol. The molecule has 5 rings (SSSR count). The van der Waals surface area contributed by atoms with Crippen molar-refractivity contribution in [2.24, 2.45) is 0 Å². The predicted molar refractivity (Wildman–Crippen MR) is 124 cm³/mol. The van der Waals surface area contributed by atoms with Gasteiger partial charge in [0.05, 0.1) is 12.7 Å². The van der Waals surface area contributed by atoms with Crippen LogP contribution >= 0.6 is 0 Å². The smallest absolute Gasteiger partial charge is 0.314 e. The van der Waals surface area contributed by atoms with Crippen LogP contribution in [-0.2, 0) is 6.54 Å². The summed E-state index contributed by atoms with van der Waals surface area (Å²) in [6.45, 7) is 8.02. The molecule has 2 aromatic carbocycles. The average molecular weight is 466 g/mol. The molecule has 0 radical (unpaired) electrons. The zero-order valence-electron chi connectivity index (χ0n) is 18.8. The molecule has 1 aliphatic rings. The summed E-state index contributed by atoms with van der Waals surface area (Å²) in [4.78, 5) is 4.87. The quantitative estimate of drug-likeness (QED) is 0.406. The summed E-state index contributed by atoms with van der Waals surface area (Å²) in [7, 11) is 0. The highest BCUT2D eigenvalue weighted by molar-refractivity contribution is 5.65. The van der Waals surface area contributed by atoms with Crippen molar-refractivity contribution in [3.63, 3.8) is 0 Å². The summed E-state index contributed by atoms with van der Waals surface area (Å²) in [5, 5.41) is 15.7. The maximum atomic E-state index is 12.7. The van der Waals surface area contributed by atoms with Crippen LogP contribution in [0.5, 0.6) is 0 Å². The van der Waals surface area contributed by atoms with Crippen LogP contribution in [0.25, 0.3) is 22.7 Å². The van der Waals surface area contributed by atoms with Gasteiger partial charge in [-0.05, 0) is 36.4 Å². The summed E-state index contributed by atoms with van der Waals surface area (Å²) in [6.07, 6.45) is -0.858. The van der Waals surface area contributed by atoms with Crippen molar-refractivity contribution < 1.29 is 13.2 Å². The number of hydrogen-bond donors (Lipinski definition) is 0. The molecule has 1 saturated heterocycles. The number of rotatable bonds is 7. The first-order valence-electron chi connectivity index (χ1n) is 11.3.